The van der Waals surface area contributed by atoms with E-state index in [1.807, 2.05) is 0 Å². The second-order valence-corrected chi connectivity index (χ2v) is 9.03. The van der Waals surface area contributed by atoms with Crippen molar-refractivity contribution in [3.63, 3.8) is 0 Å². The van der Waals surface area contributed by atoms with Gasteiger partial charge < -0.3 is 10.1 Å². The smallest absolute Gasteiger partial charge is 0.309 e. The van der Waals surface area contributed by atoms with Crippen molar-refractivity contribution in [3.05, 3.63) is 59.6 Å². The van der Waals surface area contributed by atoms with E-state index in [0.717, 1.165) is 0 Å². The van der Waals surface area contributed by atoms with Gasteiger partial charge in [-0.3, -0.25) is 9.59 Å². The van der Waals surface area contributed by atoms with E-state index in [4.69, 9.17) is 16.3 Å². The number of amides is 1. The number of nitrogens with one attached hydrogen (secondary N) is 1. The van der Waals surface area contributed by atoms with Crippen LogP contribution in [0.1, 0.15) is 12.8 Å². The summed E-state index contributed by atoms with van der Waals surface area (Å²) in [5.41, 5.74) is 0.512. The lowest BCUT2D eigenvalue weighted by molar-refractivity contribution is -0.152. The number of rotatable bonds is 6. The molecule has 0 aliphatic carbocycles. The number of sulfonamides is 1. The summed E-state index contributed by atoms with van der Waals surface area (Å²) in [6.45, 7) is 0.0469. The molecule has 2 aromatic carbocycles. The highest BCUT2D eigenvalue weighted by Gasteiger charge is 2.32. The summed E-state index contributed by atoms with van der Waals surface area (Å²) in [6, 6.07) is 14.8. The Morgan fingerprint density at radius 1 is 1.07 bits per heavy atom. The Bertz CT molecular complexity index is 973. The monoisotopic (exact) mass is 436 g/mol. The van der Waals surface area contributed by atoms with Crippen LogP contribution in [0, 0.1) is 5.92 Å². The zero-order valence-corrected chi connectivity index (χ0v) is 17.2. The summed E-state index contributed by atoms with van der Waals surface area (Å²) >= 11 is 5.86. The van der Waals surface area contributed by atoms with Crippen molar-refractivity contribution in [1.29, 1.82) is 0 Å². The number of hydrogen-bond acceptors (Lipinski definition) is 5. The summed E-state index contributed by atoms with van der Waals surface area (Å²) in [4.78, 5) is 24.4. The zero-order chi connectivity index (χ0) is 20.9. The maximum atomic E-state index is 12.6. The van der Waals surface area contributed by atoms with Gasteiger partial charge in [0.05, 0.1) is 10.8 Å². The predicted octanol–water partition coefficient (Wildman–Crippen LogP) is 2.92. The molecule has 0 unspecified atom stereocenters. The third-order valence-corrected chi connectivity index (χ3v) is 6.77. The fraction of sp³-hybridized carbons (Fsp3) is 0.300. The van der Waals surface area contributed by atoms with Crippen LogP contribution in [0.2, 0.25) is 5.02 Å². The van der Waals surface area contributed by atoms with Crippen molar-refractivity contribution in [2.24, 2.45) is 5.92 Å². The number of nitrogens with zero attached hydrogens (tertiary/aromatic N) is 1. The molecule has 1 aliphatic heterocycles. The van der Waals surface area contributed by atoms with Crippen molar-refractivity contribution in [3.8, 4) is 0 Å². The molecule has 9 heteroatoms. The van der Waals surface area contributed by atoms with Crippen LogP contribution in [-0.2, 0) is 24.3 Å². The molecule has 0 saturated carbocycles. The molecule has 0 aromatic heterocycles. The molecular formula is C20H21ClN2O5S. The quantitative estimate of drug-likeness (QED) is 0.703. The molecule has 2 aromatic rings. The minimum atomic E-state index is -3.57. The first-order chi connectivity index (χ1) is 13.9. The normalized spacial score (nSPS) is 15.6. The summed E-state index contributed by atoms with van der Waals surface area (Å²) < 4.78 is 31.7. The fourth-order valence-electron chi connectivity index (χ4n) is 3.09. The molecule has 1 N–H and O–H groups in total. The molecule has 1 fully saturated rings. The van der Waals surface area contributed by atoms with Gasteiger partial charge >= 0.3 is 5.97 Å². The number of halogens is 1. The van der Waals surface area contributed by atoms with E-state index < -0.39 is 34.4 Å². The maximum Gasteiger partial charge on any atom is 0.309 e. The Hall–Kier alpha value is -2.42. The molecule has 0 spiro atoms. The van der Waals surface area contributed by atoms with E-state index in [-0.39, 0.29) is 18.0 Å². The molecule has 0 radical (unpaired) electrons. The van der Waals surface area contributed by atoms with Crippen molar-refractivity contribution in [2.45, 2.75) is 17.7 Å². The Labute approximate surface area is 174 Å². The summed E-state index contributed by atoms with van der Waals surface area (Å²) in [5, 5.41) is 3.08. The molecule has 3 rings (SSSR count). The third kappa shape index (κ3) is 5.56. The van der Waals surface area contributed by atoms with Crippen LogP contribution >= 0.6 is 11.6 Å². The van der Waals surface area contributed by atoms with Crippen LogP contribution < -0.4 is 5.32 Å². The van der Waals surface area contributed by atoms with E-state index in [9.17, 15) is 18.0 Å². The van der Waals surface area contributed by atoms with Crippen molar-refractivity contribution < 1.29 is 22.7 Å². The maximum absolute atomic E-state index is 12.6. The van der Waals surface area contributed by atoms with Gasteiger partial charge in [0, 0.05) is 23.8 Å². The zero-order valence-electron chi connectivity index (χ0n) is 15.6. The topological polar surface area (TPSA) is 92.8 Å². The highest BCUT2D eigenvalue weighted by molar-refractivity contribution is 7.89. The van der Waals surface area contributed by atoms with Crippen LogP contribution in [0.25, 0.3) is 0 Å². The molecule has 1 aliphatic rings. The molecule has 0 atom stereocenters. The number of carbonyl (C=O) groups is 2. The fourth-order valence-corrected chi connectivity index (χ4v) is 4.77. The Kier molecular flexibility index (Phi) is 6.89. The first-order valence-electron chi connectivity index (χ1n) is 9.13. The first-order valence-corrected chi connectivity index (χ1v) is 11.0. The Morgan fingerprint density at radius 2 is 1.76 bits per heavy atom. The number of benzene rings is 2. The summed E-state index contributed by atoms with van der Waals surface area (Å²) in [7, 11) is -3.57. The predicted molar refractivity (Wildman–Crippen MR) is 109 cm³/mol. The summed E-state index contributed by atoms with van der Waals surface area (Å²) in [6.07, 6.45) is 0.696. The van der Waals surface area contributed by atoms with E-state index in [0.29, 0.717) is 23.6 Å². The number of hydrogen-bond donors (Lipinski definition) is 1. The largest absolute Gasteiger partial charge is 0.455 e. The van der Waals surface area contributed by atoms with Gasteiger partial charge in [-0.05, 0) is 43.2 Å². The van der Waals surface area contributed by atoms with Gasteiger partial charge in [-0.1, -0.05) is 35.9 Å². The number of ether oxygens (including phenoxy) is 1. The van der Waals surface area contributed by atoms with Crippen molar-refractivity contribution >= 4 is 39.2 Å². The lowest BCUT2D eigenvalue weighted by Gasteiger charge is -2.30. The third-order valence-electron chi connectivity index (χ3n) is 4.62. The SMILES string of the molecule is O=C(COC(=O)C1CCN(S(=O)(=O)c2ccccc2)CC1)Nc1cccc(Cl)c1. The summed E-state index contributed by atoms with van der Waals surface area (Å²) in [5.74, 6) is -1.40. The minimum absolute atomic E-state index is 0.228. The number of anilines is 1. The van der Waals surface area contributed by atoms with Crippen LogP contribution in [-0.4, -0.2) is 44.3 Å². The minimum Gasteiger partial charge on any atom is -0.455 e. The van der Waals surface area contributed by atoms with Gasteiger partial charge in [0.1, 0.15) is 0 Å². The van der Waals surface area contributed by atoms with E-state index >= 15 is 0 Å². The molecule has 1 heterocycles. The van der Waals surface area contributed by atoms with Gasteiger partial charge in [0.15, 0.2) is 6.61 Å². The standard InChI is InChI=1S/C20H21ClN2O5S/c21-16-5-4-6-17(13-16)22-19(24)14-28-20(25)15-9-11-23(12-10-15)29(26,27)18-7-2-1-3-8-18/h1-8,13,15H,9-12,14H2,(H,22,24). The second kappa shape index (κ2) is 9.39. The lowest BCUT2D eigenvalue weighted by Crippen LogP contribution is -2.40. The highest BCUT2D eigenvalue weighted by atomic mass is 35.5. The van der Waals surface area contributed by atoms with Gasteiger partial charge in [0.2, 0.25) is 10.0 Å². The van der Waals surface area contributed by atoms with Gasteiger partial charge in [-0.15, -0.1) is 0 Å². The highest BCUT2D eigenvalue weighted by Crippen LogP contribution is 2.24. The lowest BCUT2D eigenvalue weighted by atomic mass is 9.98. The molecule has 29 heavy (non-hydrogen) atoms. The van der Waals surface area contributed by atoms with Crippen molar-refractivity contribution in [1.82, 2.24) is 4.31 Å². The van der Waals surface area contributed by atoms with Gasteiger partial charge in [0.25, 0.3) is 5.91 Å². The Balaban J connectivity index is 1.47. The molecule has 7 nitrogen and oxygen atoms in total. The van der Waals surface area contributed by atoms with E-state index in [1.54, 1.807) is 54.6 Å². The average molecular weight is 437 g/mol. The Morgan fingerprint density at radius 3 is 2.41 bits per heavy atom. The molecule has 1 amide bonds. The van der Waals surface area contributed by atoms with Gasteiger partial charge in [-0.2, -0.15) is 4.31 Å². The molecule has 0 bridgehead atoms. The van der Waals surface area contributed by atoms with Crippen molar-refractivity contribution in [2.75, 3.05) is 25.0 Å². The number of carbonyl (C=O) groups excluding carboxylic acids is 2. The van der Waals surface area contributed by atoms with Crippen LogP contribution in [0.15, 0.2) is 59.5 Å². The number of piperidine rings is 1. The van der Waals surface area contributed by atoms with Crippen LogP contribution in [0.5, 0.6) is 0 Å². The number of esters is 1. The van der Waals surface area contributed by atoms with Crippen LogP contribution in [0.4, 0.5) is 5.69 Å². The molecular weight excluding hydrogens is 416 g/mol. The molecule has 154 valence electrons. The van der Waals surface area contributed by atoms with E-state index in [1.165, 1.54) is 4.31 Å². The van der Waals surface area contributed by atoms with Gasteiger partial charge in [-0.25, -0.2) is 8.42 Å². The van der Waals surface area contributed by atoms with E-state index in [2.05, 4.69) is 5.32 Å². The average Bonchev–Trinajstić information content (AvgIpc) is 2.73. The molecule has 1 saturated heterocycles. The second-order valence-electron chi connectivity index (χ2n) is 6.66. The first kappa shape index (κ1) is 21.3. The van der Waals surface area contributed by atoms with Crippen LogP contribution in [0.3, 0.4) is 0 Å².